The number of H-pyrrole nitrogens is 1. The lowest BCUT2D eigenvalue weighted by molar-refractivity contribution is 0.0954. The Morgan fingerprint density at radius 3 is 2.03 bits per heavy atom. The number of nitrogens with zero attached hydrogens (tertiary/aromatic N) is 2. The van der Waals surface area contributed by atoms with E-state index in [-0.39, 0.29) is 5.56 Å². The second-order valence-electron chi connectivity index (χ2n) is 6.49. The molecular formula is C24H18N4O2. The minimum atomic E-state index is -0.609. The summed E-state index contributed by atoms with van der Waals surface area (Å²) >= 11 is 0. The SMILES string of the molecule is O=C(N/N=C/c1ccccc1)c1c(-c2ccccc2)c(-c2ccccc2)n[nH]c1=O. The van der Waals surface area contributed by atoms with Gasteiger partial charge in [0.05, 0.1) is 11.9 Å². The Kier molecular flexibility index (Phi) is 5.57. The van der Waals surface area contributed by atoms with Gasteiger partial charge in [-0.1, -0.05) is 91.0 Å². The average Bonchev–Trinajstić information content (AvgIpc) is 2.80. The van der Waals surface area contributed by atoms with Gasteiger partial charge < -0.3 is 0 Å². The van der Waals surface area contributed by atoms with Gasteiger partial charge in [-0.2, -0.15) is 10.2 Å². The van der Waals surface area contributed by atoms with Crippen LogP contribution in [-0.2, 0) is 0 Å². The van der Waals surface area contributed by atoms with Gasteiger partial charge in [0, 0.05) is 11.1 Å². The summed E-state index contributed by atoms with van der Waals surface area (Å²) in [6, 6.07) is 28.0. The molecule has 1 aromatic heterocycles. The van der Waals surface area contributed by atoms with Crippen molar-refractivity contribution in [2.75, 3.05) is 0 Å². The molecule has 3 aromatic carbocycles. The molecule has 0 saturated carbocycles. The Morgan fingerprint density at radius 1 is 0.833 bits per heavy atom. The van der Waals surface area contributed by atoms with Crippen molar-refractivity contribution in [3.05, 3.63) is 112 Å². The lowest BCUT2D eigenvalue weighted by Gasteiger charge is -2.12. The predicted molar refractivity (Wildman–Crippen MR) is 117 cm³/mol. The molecule has 0 radical (unpaired) electrons. The van der Waals surface area contributed by atoms with Crippen LogP contribution in [0.25, 0.3) is 22.4 Å². The molecule has 1 heterocycles. The molecule has 0 fully saturated rings. The molecule has 0 atom stereocenters. The Hall–Kier alpha value is -4.32. The second kappa shape index (κ2) is 8.79. The van der Waals surface area contributed by atoms with Gasteiger partial charge in [-0.3, -0.25) is 9.59 Å². The molecule has 4 rings (SSSR count). The molecule has 6 nitrogen and oxygen atoms in total. The summed E-state index contributed by atoms with van der Waals surface area (Å²) in [4.78, 5) is 25.6. The third-order valence-electron chi connectivity index (χ3n) is 4.50. The zero-order chi connectivity index (χ0) is 20.8. The first-order valence-corrected chi connectivity index (χ1v) is 9.36. The summed E-state index contributed by atoms with van der Waals surface area (Å²) in [7, 11) is 0. The van der Waals surface area contributed by atoms with Crippen molar-refractivity contribution in [3.63, 3.8) is 0 Å². The normalized spacial score (nSPS) is 10.8. The van der Waals surface area contributed by atoms with Crippen molar-refractivity contribution < 1.29 is 4.79 Å². The monoisotopic (exact) mass is 394 g/mol. The maximum atomic E-state index is 13.0. The van der Waals surface area contributed by atoms with Crippen LogP contribution in [0.4, 0.5) is 0 Å². The van der Waals surface area contributed by atoms with Crippen LogP contribution < -0.4 is 11.0 Å². The maximum absolute atomic E-state index is 13.0. The van der Waals surface area contributed by atoms with Crippen molar-refractivity contribution in [3.8, 4) is 22.4 Å². The van der Waals surface area contributed by atoms with E-state index in [1.807, 2.05) is 91.0 Å². The third-order valence-corrected chi connectivity index (χ3v) is 4.50. The van der Waals surface area contributed by atoms with Gasteiger partial charge >= 0.3 is 0 Å². The molecule has 2 N–H and O–H groups in total. The van der Waals surface area contributed by atoms with E-state index in [1.165, 1.54) is 6.21 Å². The average molecular weight is 394 g/mol. The van der Waals surface area contributed by atoms with Crippen molar-refractivity contribution in [2.24, 2.45) is 5.10 Å². The van der Waals surface area contributed by atoms with Crippen LogP contribution in [0.15, 0.2) is 101 Å². The van der Waals surface area contributed by atoms with E-state index in [0.29, 0.717) is 16.8 Å². The van der Waals surface area contributed by atoms with E-state index >= 15 is 0 Å². The molecule has 1 amide bonds. The molecule has 0 aliphatic carbocycles. The smallest absolute Gasteiger partial charge is 0.267 e. The van der Waals surface area contributed by atoms with E-state index in [9.17, 15) is 9.59 Å². The summed E-state index contributed by atoms with van der Waals surface area (Å²) in [5.41, 5.74) is 5.13. The molecule has 0 saturated heterocycles. The largest absolute Gasteiger partial charge is 0.277 e. The minimum Gasteiger partial charge on any atom is -0.267 e. The number of carbonyl (C=O) groups excluding carboxylic acids is 1. The van der Waals surface area contributed by atoms with Gasteiger partial charge in [0.2, 0.25) is 0 Å². The molecule has 0 bridgehead atoms. The molecule has 0 aliphatic rings. The summed E-state index contributed by atoms with van der Waals surface area (Å²) in [6.07, 6.45) is 1.52. The van der Waals surface area contributed by atoms with E-state index in [4.69, 9.17) is 0 Å². The summed E-state index contributed by atoms with van der Waals surface area (Å²) in [6.45, 7) is 0. The van der Waals surface area contributed by atoms with Crippen molar-refractivity contribution >= 4 is 12.1 Å². The van der Waals surface area contributed by atoms with Crippen molar-refractivity contribution in [1.82, 2.24) is 15.6 Å². The first-order chi connectivity index (χ1) is 14.7. The van der Waals surface area contributed by atoms with Crippen LogP contribution in [-0.4, -0.2) is 22.3 Å². The van der Waals surface area contributed by atoms with Gasteiger partial charge in [0.1, 0.15) is 5.56 Å². The van der Waals surface area contributed by atoms with Crippen LogP contribution in [0.3, 0.4) is 0 Å². The lowest BCUT2D eigenvalue weighted by Crippen LogP contribution is -2.28. The fourth-order valence-electron chi connectivity index (χ4n) is 3.12. The van der Waals surface area contributed by atoms with E-state index < -0.39 is 11.5 Å². The standard InChI is InChI=1S/C24H18N4O2/c29-23(27-25-16-17-10-4-1-5-11-17)21-20(18-12-6-2-7-13-18)22(26-28-24(21)30)19-14-8-3-9-15-19/h1-16H,(H,27,29)(H,28,30)/b25-16+. The molecule has 0 aliphatic heterocycles. The molecule has 4 aromatic rings. The molecular weight excluding hydrogens is 376 g/mol. The molecule has 0 unspecified atom stereocenters. The lowest BCUT2D eigenvalue weighted by atomic mass is 9.95. The number of aromatic nitrogens is 2. The Balaban J connectivity index is 1.79. The highest BCUT2D eigenvalue weighted by atomic mass is 16.2. The summed E-state index contributed by atoms with van der Waals surface area (Å²) < 4.78 is 0. The summed E-state index contributed by atoms with van der Waals surface area (Å²) in [5.74, 6) is -0.609. The molecule has 30 heavy (non-hydrogen) atoms. The minimum absolute atomic E-state index is 0.0414. The van der Waals surface area contributed by atoms with E-state index in [2.05, 4.69) is 20.7 Å². The third kappa shape index (κ3) is 4.07. The molecule has 0 spiro atoms. The predicted octanol–water partition coefficient (Wildman–Crippen LogP) is 3.87. The number of benzene rings is 3. The quantitative estimate of drug-likeness (QED) is 0.398. The van der Waals surface area contributed by atoms with Crippen LogP contribution in [0.2, 0.25) is 0 Å². The van der Waals surface area contributed by atoms with Crippen LogP contribution in [0, 0.1) is 0 Å². The first kappa shape index (κ1) is 19.0. The fourth-order valence-corrected chi connectivity index (χ4v) is 3.12. The van der Waals surface area contributed by atoms with Crippen molar-refractivity contribution in [2.45, 2.75) is 0 Å². The van der Waals surface area contributed by atoms with Crippen LogP contribution >= 0.6 is 0 Å². The highest BCUT2D eigenvalue weighted by Crippen LogP contribution is 2.31. The number of aromatic amines is 1. The topological polar surface area (TPSA) is 87.2 Å². The number of hydrogen-bond donors (Lipinski definition) is 2. The fraction of sp³-hybridized carbons (Fsp3) is 0. The van der Waals surface area contributed by atoms with Gasteiger partial charge in [0.25, 0.3) is 11.5 Å². The van der Waals surface area contributed by atoms with E-state index in [1.54, 1.807) is 0 Å². The van der Waals surface area contributed by atoms with Gasteiger partial charge in [-0.05, 0) is 11.1 Å². The number of hydrazone groups is 1. The molecule has 146 valence electrons. The van der Waals surface area contributed by atoms with E-state index in [0.717, 1.165) is 11.1 Å². The Morgan fingerprint density at radius 2 is 1.40 bits per heavy atom. The zero-order valence-corrected chi connectivity index (χ0v) is 15.9. The second-order valence-corrected chi connectivity index (χ2v) is 6.49. The number of rotatable bonds is 5. The number of nitrogens with one attached hydrogen (secondary N) is 2. The van der Waals surface area contributed by atoms with Gasteiger partial charge in [0.15, 0.2) is 0 Å². The zero-order valence-electron chi connectivity index (χ0n) is 15.9. The number of carbonyl (C=O) groups is 1. The van der Waals surface area contributed by atoms with Gasteiger partial charge in [-0.25, -0.2) is 10.5 Å². The van der Waals surface area contributed by atoms with Gasteiger partial charge in [-0.15, -0.1) is 0 Å². The van der Waals surface area contributed by atoms with Crippen molar-refractivity contribution in [1.29, 1.82) is 0 Å². The maximum Gasteiger partial charge on any atom is 0.277 e. The first-order valence-electron chi connectivity index (χ1n) is 9.36. The Bertz CT molecular complexity index is 1230. The highest BCUT2D eigenvalue weighted by molar-refractivity contribution is 6.03. The Labute approximate surface area is 172 Å². The molecule has 6 heteroatoms. The highest BCUT2D eigenvalue weighted by Gasteiger charge is 2.22. The van der Waals surface area contributed by atoms with Crippen LogP contribution in [0.5, 0.6) is 0 Å². The van der Waals surface area contributed by atoms with Crippen LogP contribution in [0.1, 0.15) is 15.9 Å². The number of hydrogen-bond acceptors (Lipinski definition) is 4. The number of amides is 1. The summed E-state index contributed by atoms with van der Waals surface area (Å²) in [5, 5.41) is 10.7.